The van der Waals surface area contributed by atoms with Crippen molar-refractivity contribution in [3.8, 4) is 5.75 Å². The summed E-state index contributed by atoms with van der Waals surface area (Å²) in [6.45, 7) is 3.50. The Hall–Kier alpha value is -2.28. The van der Waals surface area contributed by atoms with Gasteiger partial charge >= 0.3 is 11.9 Å². The Morgan fingerprint density at radius 1 is 1.08 bits per heavy atom. The standard InChI is InChI=1S/C17H22ClNO6/c1-3-23-16(21)10-9-14(17(22)24-4-2)19-15(20)11-25-13-7-5-12(18)6-8-13/h5-8,14H,3-4,9-11H2,1-2H3,(H,19,20)/t14-/m0/s1. The van der Waals surface area contributed by atoms with E-state index in [1.807, 2.05) is 0 Å². The third kappa shape index (κ3) is 8.39. The molecule has 0 bridgehead atoms. The smallest absolute Gasteiger partial charge is 0.328 e. The van der Waals surface area contributed by atoms with Gasteiger partial charge in [0.25, 0.3) is 5.91 Å². The predicted octanol–water partition coefficient (Wildman–Crippen LogP) is 2.11. The van der Waals surface area contributed by atoms with Crippen LogP contribution in [0.4, 0.5) is 0 Å². The van der Waals surface area contributed by atoms with E-state index in [0.29, 0.717) is 10.8 Å². The molecule has 0 fully saturated rings. The molecule has 1 aromatic rings. The van der Waals surface area contributed by atoms with Crippen LogP contribution in [0.3, 0.4) is 0 Å². The molecule has 0 radical (unpaired) electrons. The Bertz CT molecular complexity index is 575. The second-order valence-corrected chi connectivity index (χ2v) is 5.39. The summed E-state index contributed by atoms with van der Waals surface area (Å²) in [4.78, 5) is 35.3. The number of esters is 2. The maximum atomic E-state index is 12.0. The van der Waals surface area contributed by atoms with Crippen LogP contribution in [0.25, 0.3) is 0 Å². The van der Waals surface area contributed by atoms with E-state index in [0.717, 1.165) is 0 Å². The van der Waals surface area contributed by atoms with Crippen molar-refractivity contribution in [2.75, 3.05) is 19.8 Å². The predicted molar refractivity (Wildman–Crippen MR) is 91.4 cm³/mol. The lowest BCUT2D eigenvalue weighted by atomic mass is 10.1. The van der Waals surface area contributed by atoms with E-state index in [-0.39, 0.29) is 32.7 Å². The summed E-state index contributed by atoms with van der Waals surface area (Å²) in [5.74, 6) is -1.08. The zero-order valence-electron chi connectivity index (χ0n) is 14.2. The van der Waals surface area contributed by atoms with Crippen molar-refractivity contribution < 1.29 is 28.6 Å². The molecule has 0 spiro atoms. The number of amides is 1. The van der Waals surface area contributed by atoms with E-state index in [2.05, 4.69) is 5.32 Å². The number of ether oxygens (including phenoxy) is 3. The summed E-state index contributed by atoms with van der Waals surface area (Å²) < 4.78 is 15.0. The van der Waals surface area contributed by atoms with Gasteiger partial charge in [-0.3, -0.25) is 9.59 Å². The fraction of sp³-hybridized carbons (Fsp3) is 0.471. The Morgan fingerprint density at radius 2 is 1.72 bits per heavy atom. The summed E-state index contributed by atoms with van der Waals surface area (Å²) in [5.41, 5.74) is 0. The van der Waals surface area contributed by atoms with E-state index in [9.17, 15) is 14.4 Å². The summed E-state index contributed by atoms with van der Waals surface area (Å²) in [7, 11) is 0. The summed E-state index contributed by atoms with van der Waals surface area (Å²) in [5, 5.41) is 3.06. The molecule has 0 unspecified atom stereocenters. The molecule has 0 heterocycles. The molecule has 0 aliphatic rings. The van der Waals surface area contributed by atoms with Crippen molar-refractivity contribution in [1.82, 2.24) is 5.32 Å². The Kier molecular flexibility index (Phi) is 9.39. The Balaban J connectivity index is 2.53. The van der Waals surface area contributed by atoms with Gasteiger partial charge in [-0.15, -0.1) is 0 Å². The summed E-state index contributed by atoms with van der Waals surface area (Å²) in [6.07, 6.45) is 0.0833. The average Bonchev–Trinajstić information content (AvgIpc) is 2.58. The minimum atomic E-state index is -0.939. The number of carbonyl (C=O) groups excluding carboxylic acids is 3. The van der Waals surface area contributed by atoms with Crippen LogP contribution in [0, 0.1) is 0 Å². The monoisotopic (exact) mass is 371 g/mol. The molecule has 0 saturated heterocycles. The van der Waals surface area contributed by atoms with Gasteiger partial charge in [0.1, 0.15) is 11.8 Å². The number of benzene rings is 1. The molecule has 1 amide bonds. The van der Waals surface area contributed by atoms with Gasteiger partial charge < -0.3 is 19.5 Å². The van der Waals surface area contributed by atoms with Gasteiger partial charge in [-0.25, -0.2) is 4.79 Å². The molecule has 0 aromatic heterocycles. The van der Waals surface area contributed by atoms with Crippen LogP contribution in [-0.2, 0) is 23.9 Å². The van der Waals surface area contributed by atoms with E-state index in [1.54, 1.807) is 38.1 Å². The fourth-order valence-corrected chi connectivity index (χ4v) is 2.03. The highest BCUT2D eigenvalue weighted by molar-refractivity contribution is 6.30. The van der Waals surface area contributed by atoms with Crippen LogP contribution in [0.1, 0.15) is 26.7 Å². The van der Waals surface area contributed by atoms with E-state index < -0.39 is 23.9 Å². The maximum Gasteiger partial charge on any atom is 0.328 e. The number of hydrogen-bond donors (Lipinski definition) is 1. The molecule has 0 aliphatic heterocycles. The van der Waals surface area contributed by atoms with Crippen molar-refractivity contribution in [1.29, 1.82) is 0 Å². The summed E-state index contributed by atoms with van der Waals surface area (Å²) in [6, 6.07) is 5.58. The quantitative estimate of drug-likeness (QED) is 0.633. The molecule has 1 N–H and O–H groups in total. The zero-order chi connectivity index (χ0) is 18.7. The van der Waals surface area contributed by atoms with Crippen LogP contribution < -0.4 is 10.1 Å². The highest BCUT2D eigenvalue weighted by Gasteiger charge is 2.23. The lowest BCUT2D eigenvalue weighted by Crippen LogP contribution is -2.44. The topological polar surface area (TPSA) is 90.9 Å². The lowest BCUT2D eigenvalue weighted by Gasteiger charge is -2.17. The number of hydrogen-bond acceptors (Lipinski definition) is 6. The Labute approximate surface area is 151 Å². The molecule has 8 heteroatoms. The van der Waals surface area contributed by atoms with Crippen molar-refractivity contribution in [3.63, 3.8) is 0 Å². The lowest BCUT2D eigenvalue weighted by molar-refractivity contribution is -0.149. The SMILES string of the molecule is CCOC(=O)CC[C@H](NC(=O)COc1ccc(Cl)cc1)C(=O)OCC. The average molecular weight is 372 g/mol. The van der Waals surface area contributed by atoms with Crippen molar-refractivity contribution in [3.05, 3.63) is 29.3 Å². The van der Waals surface area contributed by atoms with Crippen LogP contribution in [0.15, 0.2) is 24.3 Å². The third-order valence-electron chi connectivity index (χ3n) is 3.03. The molecular weight excluding hydrogens is 350 g/mol. The molecule has 0 saturated carbocycles. The van der Waals surface area contributed by atoms with E-state index >= 15 is 0 Å². The van der Waals surface area contributed by atoms with Crippen molar-refractivity contribution in [2.24, 2.45) is 0 Å². The molecule has 1 aromatic carbocycles. The van der Waals surface area contributed by atoms with Gasteiger partial charge in [0.15, 0.2) is 6.61 Å². The van der Waals surface area contributed by atoms with Crippen LogP contribution in [0.5, 0.6) is 5.75 Å². The number of carbonyl (C=O) groups is 3. The Morgan fingerprint density at radius 3 is 2.32 bits per heavy atom. The first kappa shape index (κ1) is 20.8. The van der Waals surface area contributed by atoms with Crippen molar-refractivity contribution in [2.45, 2.75) is 32.7 Å². The zero-order valence-corrected chi connectivity index (χ0v) is 15.0. The molecule has 138 valence electrons. The van der Waals surface area contributed by atoms with Crippen LogP contribution in [0.2, 0.25) is 5.02 Å². The minimum absolute atomic E-state index is 0.00432. The first-order valence-corrected chi connectivity index (χ1v) is 8.34. The second-order valence-electron chi connectivity index (χ2n) is 4.96. The van der Waals surface area contributed by atoms with Gasteiger partial charge in [0.05, 0.1) is 13.2 Å². The van der Waals surface area contributed by atoms with Crippen LogP contribution >= 0.6 is 11.6 Å². The number of nitrogens with one attached hydrogen (secondary N) is 1. The first-order chi connectivity index (χ1) is 12.0. The molecule has 1 rings (SSSR count). The molecular formula is C17H22ClNO6. The number of rotatable bonds is 10. The normalized spacial score (nSPS) is 11.3. The first-order valence-electron chi connectivity index (χ1n) is 7.96. The van der Waals surface area contributed by atoms with Gasteiger partial charge in [-0.05, 0) is 44.5 Å². The van der Waals surface area contributed by atoms with Gasteiger partial charge in [0, 0.05) is 11.4 Å². The largest absolute Gasteiger partial charge is 0.484 e. The van der Waals surface area contributed by atoms with Crippen LogP contribution in [-0.4, -0.2) is 43.7 Å². The summed E-state index contributed by atoms with van der Waals surface area (Å²) >= 11 is 5.77. The maximum absolute atomic E-state index is 12.0. The minimum Gasteiger partial charge on any atom is -0.484 e. The fourth-order valence-electron chi connectivity index (χ4n) is 1.90. The van der Waals surface area contributed by atoms with E-state index in [4.69, 9.17) is 25.8 Å². The highest BCUT2D eigenvalue weighted by Crippen LogP contribution is 2.15. The molecule has 0 aliphatic carbocycles. The number of halogens is 1. The van der Waals surface area contributed by atoms with E-state index in [1.165, 1.54) is 0 Å². The van der Waals surface area contributed by atoms with Gasteiger partial charge in [0.2, 0.25) is 0 Å². The second kappa shape index (κ2) is 11.3. The highest BCUT2D eigenvalue weighted by atomic mass is 35.5. The molecule has 25 heavy (non-hydrogen) atoms. The third-order valence-corrected chi connectivity index (χ3v) is 3.28. The molecule has 1 atom stereocenters. The van der Waals surface area contributed by atoms with Gasteiger partial charge in [-0.2, -0.15) is 0 Å². The van der Waals surface area contributed by atoms with Gasteiger partial charge in [-0.1, -0.05) is 11.6 Å². The molecule has 7 nitrogen and oxygen atoms in total. The van der Waals surface area contributed by atoms with Crippen molar-refractivity contribution >= 4 is 29.4 Å².